The number of halogens is 1. The number of amides is 1. The van der Waals surface area contributed by atoms with Crippen LogP contribution in [0.15, 0.2) is 46.9 Å². The molecule has 1 fully saturated rings. The molecule has 5 heteroatoms. The Labute approximate surface area is 149 Å². The number of phenols is 1. The number of phenolic OH excluding ortho intramolecular Hbond substituents is 1. The van der Waals surface area contributed by atoms with Gasteiger partial charge in [-0.05, 0) is 58.6 Å². The predicted octanol–water partition coefficient (Wildman–Crippen LogP) is 4.66. The van der Waals surface area contributed by atoms with E-state index in [1.54, 1.807) is 6.07 Å². The largest absolute Gasteiger partial charge is 0.507 e. The number of fused-ring (bicyclic) bond motifs is 1. The molecule has 0 aromatic heterocycles. The maximum atomic E-state index is 13.2. The van der Waals surface area contributed by atoms with E-state index in [0.717, 1.165) is 29.7 Å². The first-order valence-corrected chi connectivity index (χ1v) is 9.11. The topological polar surface area (TPSA) is 52.6 Å². The molecule has 2 aromatic rings. The second-order valence-corrected chi connectivity index (χ2v) is 7.31. The molecule has 1 amide bonds. The highest BCUT2D eigenvalue weighted by molar-refractivity contribution is 9.10. The number of carbonyl (C=O) groups is 1. The number of hydrogen-bond acceptors (Lipinski definition) is 3. The highest BCUT2D eigenvalue weighted by Gasteiger charge is 2.38. The van der Waals surface area contributed by atoms with Gasteiger partial charge in [0, 0.05) is 11.7 Å². The van der Waals surface area contributed by atoms with Crippen LogP contribution in [0.25, 0.3) is 0 Å². The van der Waals surface area contributed by atoms with Gasteiger partial charge in [-0.25, -0.2) is 0 Å². The SMILES string of the molecule is O=C1c2ccccc2NC(c2ccc(O)c(Br)c2)N1C1CCCC1. The molecular weight excluding hydrogens is 368 g/mol. The molecule has 1 aliphatic heterocycles. The minimum atomic E-state index is -0.215. The summed E-state index contributed by atoms with van der Waals surface area (Å²) in [4.78, 5) is 15.2. The molecule has 4 nitrogen and oxygen atoms in total. The molecule has 2 aliphatic rings. The van der Waals surface area contributed by atoms with E-state index in [1.165, 1.54) is 12.8 Å². The van der Waals surface area contributed by atoms with Crippen LogP contribution in [0, 0.1) is 0 Å². The number of nitrogens with one attached hydrogen (secondary N) is 1. The number of hydrogen-bond donors (Lipinski definition) is 2. The Bertz CT molecular complexity index is 787. The first kappa shape index (κ1) is 15.5. The van der Waals surface area contributed by atoms with Gasteiger partial charge in [0.05, 0.1) is 10.0 Å². The van der Waals surface area contributed by atoms with Gasteiger partial charge in [-0.2, -0.15) is 0 Å². The van der Waals surface area contributed by atoms with Crippen molar-refractivity contribution in [2.24, 2.45) is 0 Å². The first-order valence-electron chi connectivity index (χ1n) is 8.32. The van der Waals surface area contributed by atoms with Gasteiger partial charge in [-0.1, -0.05) is 31.0 Å². The third-order valence-electron chi connectivity index (χ3n) is 4.97. The van der Waals surface area contributed by atoms with E-state index in [-0.39, 0.29) is 23.9 Å². The lowest BCUT2D eigenvalue weighted by atomic mass is 10.0. The molecule has 0 radical (unpaired) electrons. The van der Waals surface area contributed by atoms with Gasteiger partial charge in [0.1, 0.15) is 11.9 Å². The molecule has 0 saturated heterocycles. The van der Waals surface area contributed by atoms with Crippen molar-refractivity contribution in [2.75, 3.05) is 5.32 Å². The predicted molar refractivity (Wildman–Crippen MR) is 97.0 cm³/mol. The summed E-state index contributed by atoms with van der Waals surface area (Å²) in [6, 6.07) is 13.4. The van der Waals surface area contributed by atoms with Crippen molar-refractivity contribution in [1.29, 1.82) is 0 Å². The molecule has 2 N–H and O–H groups in total. The Kier molecular flexibility index (Phi) is 3.96. The van der Waals surface area contributed by atoms with Crippen LogP contribution < -0.4 is 5.32 Å². The molecule has 2 aromatic carbocycles. The molecule has 124 valence electrons. The van der Waals surface area contributed by atoms with Crippen LogP contribution in [0.2, 0.25) is 0 Å². The van der Waals surface area contributed by atoms with Crippen LogP contribution >= 0.6 is 15.9 Å². The Morgan fingerprint density at radius 1 is 1.12 bits per heavy atom. The molecule has 1 heterocycles. The summed E-state index contributed by atoms with van der Waals surface area (Å²) >= 11 is 3.38. The monoisotopic (exact) mass is 386 g/mol. The van der Waals surface area contributed by atoms with Crippen molar-refractivity contribution in [3.05, 3.63) is 58.1 Å². The fourth-order valence-electron chi connectivity index (χ4n) is 3.76. The van der Waals surface area contributed by atoms with Gasteiger partial charge in [0.25, 0.3) is 5.91 Å². The zero-order valence-electron chi connectivity index (χ0n) is 13.2. The second kappa shape index (κ2) is 6.13. The summed E-state index contributed by atoms with van der Waals surface area (Å²) in [5.74, 6) is 0.291. The van der Waals surface area contributed by atoms with E-state index in [4.69, 9.17) is 0 Å². The first-order chi connectivity index (χ1) is 11.6. The average Bonchev–Trinajstić information content (AvgIpc) is 3.11. The molecule has 0 spiro atoms. The van der Waals surface area contributed by atoms with Crippen LogP contribution in [0.4, 0.5) is 5.69 Å². The lowest BCUT2D eigenvalue weighted by Gasteiger charge is -2.41. The van der Waals surface area contributed by atoms with Crippen LogP contribution in [-0.2, 0) is 0 Å². The maximum absolute atomic E-state index is 13.2. The van der Waals surface area contributed by atoms with Gasteiger partial charge < -0.3 is 15.3 Å². The smallest absolute Gasteiger partial charge is 0.258 e. The van der Waals surface area contributed by atoms with Crippen molar-refractivity contribution >= 4 is 27.5 Å². The van der Waals surface area contributed by atoms with E-state index in [1.807, 2.05) is 41.3 Å². The Morgan fingerprint density at radius 2 is 1.88 bits per heavy atom. The number of carbonyl (C=O) groups excluding carboxylic acids is 1. The Morgan fingerprint density at radius 3 is 2.62 bits per heavy atom. The fraction of sp³-hybridized carbons (Fsp3) is 0.316. The molecule has 1 atom stereocenters. The van der Waals surface area contributed by atoms with E-state index < -0.39 is 0 Å². The third-order valence-corrected chi connectivity index (χ3v) is 5.60. The van der Waals surface area contributed by atoms with Crippen molar-refractivity contribution in [2.45, 2.75) is 37.9 Å². The standard InChI is InChI=1S/C19H19BrN2O2/c20-15-11-12(9-10-17(15)23)18-21-16-8-4-3-7-14(16)19(24)22(18)13-5-1-2-6-13/h3-4,7-11,13,18,21,23H,1-2,5-6H2. The van der Waals surface area contributed by atoms with Crippen molar-refractivity contribution < 1.29 is 9.90 Å². The van der Waals surface area contributed by atoms with Crippen molar-refractivity contribution in [3.8, 4) is 5.75 Å². The molecule has 24 heavy (non-hydrogen) atoms. The van der Waals surface area contributed by atoms with Gasteiger partial charge in [0.2, 0.25) is 0 Å². The van der Waals surface area contributed by atoms with Gasteiger partial charge in [-0.3, -0.25) is 4.79 Å². The Hall–Kier alpha value is -2.01. The number of para-hydroxylation sites is 1. The molecular formula is C19H19BrN2O2. The number of benzene rings is 2. The highest BCUT2D eigenvalue weighted by Crippen LogP contribution is 2.39. The minimum absolute atomic E-state index is 0.0884. The molecule has 0 bridgehead atoms. The molecule has 1 saturated carbocycles. The van der Waals surface area contributed by atoms with E-state index in [0.29, 0.717) is 4.47 Å². The summed E-state index contributed by atoms with van der Waals surface area (Å²) in [7, 11) is 0. The zero-order chi connectivity index (χ0) is 16.7. The second-order valence-electron chi connectivity index (χ2n) is 6.45. The summed E-state index contributed by atoms with van der Waals surface area (Å²) in [5.41, 5.74) is 2.57. The van der Waals surface area contributed by atoms with E-state index in [2.05, 4.69) is 21.2 Å². The fourth-order valence-corrected chi connectivity index (χ4v) is 4.16. The highest BCUT2D eigenvalue weighted by atomic mass is 79.9. The molecule has 1 unspecified atom stereocenters. The zero-order valence-corrected chi connectivity index (χ0v) is 14.8. The van der Waals surface area contributed by atoms with E-state index in [9.17, 15) is 9.90 Å². The summed E-state index contributed by atoms with van der Waals surface area (Å²) in [5, 5.41) is 13.3. The molecule has 1 aliphatic carbocycles. The normalized spacial score (nSPS) is 20.8. The summed E-state index contributed by atoms with van der Waals surface area (Å²) in [6.45, 7) is 0. The maximum Gasteiger partial charge on any atom is 0.258 e. The number of nitrogens with zero attached hydrogens (tertiary/aromatic N) is 1. The number of anilines is 1. The van der Waals surface area contributed by atoms with E-state index >= 15 is 0 Å². The average molecular weight is 387 g/mol. The number of aromatic hydroxyl groups is 1. The summed E-state index contributed by atoms with van der Waals surface area (Å²) < 4.78 is 0.638. The van der Waals surface area contributed by atoms with Gasteiger partial charge >= 0.3 is 0 Å². The molecule has 4 rings (SSSR count). The van der Waals surface area contributed by atoms with Crippen LogP contribution in [0.5, 0.6) is 5.75 Å². The van der Waals surface area contributed by atoms with Gasteiger partial charge in [0.15, 0.2) is 0 Å². The van der Waals surface area contributed by atoms with Crippen LogP contribution in [0.1, 0.15) is 47.8 Å². The third kappa shape index (κ3) is 2.57. The van der Waals surface area contributed by atoms with Gasteiger partial charge in [-0.15, -0.1) is 0 Å². The number of rotatable bonds is 2. The minimum Gasteiger partial charge on any atom is -0.507 e. The Balaban J connectivity index is 1.79. The quantitative estimate of drug-likeness (QED) is 0.788. The lowest BCUT2D eigenvalue weighted by Crippen LogP contribution is -2.47. The van der Waals surface area contributed by atoms with Crippen LogP contribution in [0.3, 0.4) is 0 Å². The van der Waals surface area contributed by atoms with Crippen molar-refractivity contribution in [3.63, 3.8) is 0 Å². The summed E-state index contributed by atoms with van der Waals surface area (Å²) in [6.07, 6.45) is 4.22. The van der Waals surface area contributed by atoms with Crippen molar-refractivity contribution in [1.82, 2.24) is 4.90 Å². The van der Waals surface area contributed by atoms with Crippen LogP contribution in [-0.4, -0.2) is 22.0 Å². The lowest BCUT2D eigenvalue weighted by molar-refractivity contribution is 0.0585.